The molecule has 0 fully saturated rings. The van der Waals surface area contributed by atoms with Gasteiger partial charge in [0.2, 0.25) is 20.0 Å². The molecule has 0 unspecified atom stereocenters. The van der Waals surface area contributed by atoms with E-state index in [-0.39, 0.29) is 36.1 Å². The Labute approximate surface area is 280 Å². The van der Waals surface area contributed by atoms with Gasteiger partial charge >= 0.3 is 0 Å². The summed E-state index contributed by atoms with van der Waals surface area (Å²) in [6, 6.07) is 12.4. The summed E-state index contributed by atoms with van der Waals surface area (Å²) in [5.74, 6) is 0. The van der Waals surface area contributed by atoms with Crippen LogP contribution in [0.5, 0.6) is 0 Å². The molecule has 0 saturated heterocycles. The Morgan fingerprint density at radius 2 is 0.723 bits per heavy atom. The van der Waals surface area contributed by atoms with Crippen molar-refractivity contribution in [1.82, 2.24) is 8.61 Å². The van der Waals surface area contributed by atoms with Crippen LogP contribution < -0.4 is 0 Å². The molecule has 0 radical (unpaired) electrons. The molecule has 2 aromatic carbocycles. The van der Waals surface area contributed by atoms with E-state index in [1.165, 1.54) is 47.0 Å². The fraction of sp³-hybridized carbons (Fsp3) is 0.625. The average Bonchev–Trinajstić information content (AvgIpc) is 3.01. The van der Waals surface area contributed by atoms with Crippen LogP contribution in [0.25, 0.3) is 0 Å². The molecule has 0 atom stereocenters. The van der Waals surface area contributed by atoms with Crippen molar-refractivity contribution in [3.63, 3.8) is 0 Å². The molecule has 0 amide bonds. The normalized spacial score (nSPS) is 13.1. The predicted octanol–water partition coefficient (Wildman–Crippen LogP) is 2.17. The molecule has 0 aromatic heterocycles. The molecule has 2 N–H and O–H groups in total. The molecule has 0 aliphatic heterocycles. The molecule has 0 spiro atoms. The molecule has 47 heavy (non-hydrogen) atoms. The first-order valence-corrected chi connectivity index (χ1v) is 18.3. The molecule has 0 aliphatic rings. The third-order valence-corrected chi connectivity index (χ3v) is 10.9. The summed E-state index contributed by atoms with van der Waals surface area (Å²) in [4.78, 5) is 0.300. The van der Waals surface area contributed by atoms with Crippen LogP contribution in [0.2, 0.25) is 0 Å². The summed E-state index contributed by atoms with van der Waals surface area (Å²) in [5.41, 5.74) is -0.833. The monoisotopic (exact) mass is 704 g/mol. The molecule has 15 heteroatoms. The molecule has 0 heterocycles. The second-order valence-corrected chi connectivity index (χ2v) is 16.0. The van der Waals surface area contributed by atoms with Gasteiger partial charge in [0.15, 0.2) is 0 Å². The number of ether oxygens (including phenoxy) is 5. The van der Waals surface area contributed by atoms with Crippen molar-refractivity contribution < 1.29 is 50.7 Å². The van der Waals surface area contributed by atoms with Gasteiger partial charge in [-0.05, 0) is 63.1 Å². The number of hydrogen-bond donors (Lipinski definition) is 2. The highest BCUT2D eigenvalue weighted by atomic mass is 32.2. The standard InChI is InChI=1S/C32H52N2O11S2/c1-31(2,35)27-7-11-29(12-8-27)46(37,38)33(5)15-17-41-19-21-43-23-25-45-26-24-44-22-20-42-18-16-34(6)47(39,40)30-13-9-28(10-14-30)32(3,4)36/h7-14,35-36H,15-26H2,1-6H3. The first-order chi connectivity index (χ1) is 22.0. The molecule has 0 bridgehead atoms. The number of hydrogen-bond acceptors (Lipinski definition) is 11. The second-order valence-electron chi connectivity index (χ2n) is 11.9. The molecule has 268 valence electrons. The van der Waals surface area contributed by atoms with Gasteiger partial charge in [-0.25, -0.2) is 16.8 Å². The number of likely N-dealkylation sites (N-methyl/N-ethyl adjacent to an activating group) is 2. The highest BCUT2D eigenvalue weighted by Crippen LogP contribution is 2.23. The van der Waals surface area contributed by atoms with E-state index < -0.39 is 31.2 Å². The van der Waals surface area contributed by atoms with E-state index in [0.717, 1.165) is 0 Å². The van der Waals surface area contributed by atoms with Gasteiger partial charge in [-0.1, -0.05) is 24.3 Å². The van der Waals surface area contributed by atoms with Crippen molar-refractivity contribution >= 4 is 20.0 Å². The lowest BCUT2D eigenvalue weighted by Crippen LogP contribution is -2.30. The van der Waals surface area contributed by atoms with E-state index >= 15 is 0 Å². The van der Waals surface area contributed by atoms with Gasteiger partial charge in [0.05, 0.1) is 87.1 Å². The Bertz CT molecular complexity index is 1280. The fourth-order valence-electron chi connectivity index (χ4n) is 4.04. The van der Waals surface area contributed by atoms with E-state index in [2.05, 4.69) is 0 Å². The van der Waals surface area contributed by atoms with Gasteiger partial charge in [0.25, 0.3) is 0 Å². The van der Waals surface area contributed by atoms with Gasteiger partial charge in [0, 0.05) is 27.2 Å². The Morgan fingerprint density at radius 1 is 0.489 bits per heavy atom. The van der Waals surface area contributed by atoms with Crippen molar-refractivity contribution in [3.8, 4) is 0 Å². The lowest BCUT2D eigenvalue weighted by atomic mass is 9.99. The van der Waals surface area contributed by atoms with Crippen LogP contribution in [-0.4, -0.2) is 129 Å². The van der Waals surface area contributed by atoms with E-state index in [0.29, 0.717) is 64.0 Å². The van der Waals surface area contributed by atoms with Crippen LogP contribution in [-0.2, 0) is 54.9 Å². The second kappa shape index (κ2) is 19.2. The summed E-state index contributed by atoms with van der Waals surface area (Å²) in [6.07, 6.45) is 0. The summed E-state index contributed by atoms with van der Waals surface area (Å²) >= 11 is 0. The van der Waals surface area contributed by atoms with Crippen molar-refractivity contribution in [2.24, 2.45) is 0 Å². The minimum Gasteiger partial charge on any atom is -0.386 e. The molecule has 0 aliphatic carbocycles. The Hall–Kier alpha value is -2.02. The number of aliphatic hydroxyl groups is 2. The molecular formula is C32H52N2O11S2. The van der Waals surface area contributed by atoms with Gasteiger partial charge in [-0.15, -0.1) is 0 Å². The summed E-state index contributed by atoms with van der Waals surface area (Å²) in [5, 5.41) is 20.1. The van der Waals surface area contributed by atoms with Gasteiger partial charge < -0.3 is 33.9 Å². The molecule has 0 saturated carbocycles. The predicted molar refractivity (Wildman–Crippen MR) is 177 cm³/mol. The molecule has 2 rings (SSSR count). The van der Waals surface area contributed by atoms with E-state index in [4.69, 9.17) is 23.7 Å². The van der Waals surface area contributed by atoms with Gasteiger partial charge in [0.1, 0.15) is 0 Å². The van der Waals surface area contributed by atoms with Crippen LogP contribution in [0, 0.1) is 0 Å². The lowest BCUT2D eigenvalue weighted by Gasteiger charge is -2.20. The molecular weight excluding hydrogens is 652 g/mol. The number of nitrogens with zero attached hydrogens (tertiary/aromatic N) is 2. The van der Waals surface area contributed by atoms with Crippen molar-refractivity contribution in [3.05, 3.63) is 59.7 Å². The van der Waals surface area contributed by atoms with Crippen LogP contribution in [0.4, 0.5) is 0 Å². The summed E-state index contributed by atoms with van der Waals surface area (Å²) < 4.78 is 80.7. The van der Waals surface area contributed by atoms with Crippen molar-refractivity contribution in [1.29, 1.82) is 0 Å². The van der Waals surface area contributed by atoms with Gasteiger partial charge in [-0.3, -0.25) is 0 Å². The van der Waals surface area contributed by atoms with Crippen LogP contribution in [0.15, 0.2) is 58.3 Å². The fourth-order valence-corrected chi connectivity index (χ4v) is 6.35. The highest BCUT2D eigenvalue weighted by Gasteiger charge is 2.24. The van der Waals surface area contributed by atoms with Gasteiger partial charge in [-0.2, -0.15) is 8.61 Å². The number of rotatable bonds is 24. The maximum absolute atomic E-state index is 12.7. The smallest absolute Gasteiger partial charge is 0.242 e. The SMILES string of the molecule is CN(CCOCCOCCOCCOCCOCCN(C)S(=O)(=O)c1ccc(C(C)(C)O)cc1)S(=O)(=O)c1ccc(C(C)(C)O)cc1. The van der Waals surface area contributed by atoms with E-state index in [1.54, 1.807) is 52.0 Å². The van der Waals surface area contributed by atoms with Crippen molar-refractivity contribution in [2.45, 2.75) is 48.7 Å². The first-order valence-electron chi connectivity index (χ1n) is 15.4. The summed E-state index contributed by atoms with van der Waals surface area (Å²) in [6.45, 7) is 10.2. The average molecular weight is 705 g/mol. The quantitative estimate of drug-likeness (QED) is 0.154. The minimum absolute atomic E-state index is 0.150. The third kappa shape index (κ3) is 14.2. The minimum atomic E-state index is -3.66. The summed E-state index contributed by atoms with van der Waals surface area (Å²) in [7, 11) is -4.35. The maximum atomic E-state index is 12.7. The Kier molecular flexibility index (Phi) is 16.8. The zero-order valence-electron chi connectivity index (χ0n) is 28.4. The van der Waals surface area contributed by atoms with E-state index in [1.807, 2.05) is 0 Å². The highest BCUT2D eigenvalue weighted by molar-refractivity contribution is 7.89. The Morgan fingerprint density at radius 3 is 0.957 bits per heavy atom. The molecule has 2 aromatic rings. The van der Waals surface area contributed by atoms with Crippen LogP contribution in [0.3, 0.4) is 0 Å². The van der Waals surface area contributed by atoms with Crippen LogP contribution >= 0.6 is 0 Å². The van der Waals surface area contributed by atoms with Crippen LogP contribution in [0.1, 0.15) is 38.8 Å². The Balaban J connectivity index is 1.43. The topological polar surface area (TPSA) is 161 Å². The first kappa shape index (κ1) is 41.2. The largest absolute Gasteiger partial charge is 0.386 e. The number of benzene rings is 2. The molecule has 13 nitrogen and oxygen atoms in total. The maximum Gasteiger partial charge on any atom is 0.242 e. The van der Waals surface area contributed by atoms with Crippen molar-refractivity contribution in [2.75, 3.05) is 93.3 Å². The third-order valence-electron chi connectivity index (χ3n) is 7.13. The zero-order chi connectivity index (χ0) is 35.1. The van der Waals surface area contributed by atoms with E-state index in [9.17, 15) is 27.0 Å². The zero-order valence-corrected chi connectivity index (χ0v) is 30.0. The lowest BCUT2D eigenvalue weighted by molar-refractivity contribution is -0.0115. The number of sulfonamides is 2.